The molecule has 0 saturated heterocycles. The molecule has 0 aromatic heterocycles. The zero-order chi connectivity index (χ0) is 18.2. The monoisotopic (exact) mass is 346 g/mol. The summed E-state index contributed by atoms with van der Waals surface area (Å²) < 4.78 is 1.23. The molecular formula is C24H44N+. The van der Waals surface area contributed by atoms with Crippen molar-refractivity contribution in [2.75, 3.05) is 20.1 Å². The molecule has 0 N–H and O–H groups in total. The molecule has 1 unspecified atom stereocenters. The maximum absolute atomic E-state index is 2.49. The van der Waals surface area contributed by atoms with Crippen LogP contribution in [0.1, 0.15) is 96.5 Å². The van der Waals surface area contributed by atoms with Gasteiger partial charge in [-0.05, 0) is 25.7 Å². The van der Waals surface area contributed by atoms with Crippen LogP contribution in [-0.4, -0.2) is 24.6 Å². The molecule has 1 nitrogen and oxygen atoms in total. The highest BCUT2D eigenvalue weighted by Crippen LogP contribution is 2.17. The Balaban J connectivity index is 2.34. The number of quaternary nitrogens is 1. The average molecular weight is 347 g/mol. The van der Waals surface area contributed by atoms with Gasteiger partial charge in [-0.3, -0.25) is 0 Å². The lowest BCUT2D eigenvalue weighted by atomic mass is 10.1. The van der Waals surface area contributed by atoms with E-state index in [0.717, 1.165) is 0 Å². The maximum atomic E-state index is 2.49. The molecule has 1 heteroatoms. The molecule has 0 spiro atoms. The lowest BCUT2D eigenvalue weighted by Gasteiger charge is -2.35. The van der Waals surface area contributed by atoms with Gasteiger partial charge in [0, 0.05) is 5.56 Å². The number of nitrogens with zero attached hydrogens (tertiary/aromatic N) is 1. The predicted molar refractivity (Wildman–Crippen MR) is 113 cm³/mol. The minimum Gasteiger partial charge on any atom is -0.322 e. The fourth-order valence-electron chi connectivity index (χ4n) is 3.84. The molecule has 144 valence electrons. The van der Waals surface area contributed by atoms with Crippen molar-refractivity contribution < 1.29 is 4.48 Å². The zero-order valence-electron chi connectivity index (χ0n) is 17.4. The highest BCUT2D eigenvalue weighted by Gasteiger charge is 2.21. The van der Waals surface area contributed by atoms with Gasteiger partial charge in [0.1, 0.15) is 6.54 Å². The molecule has 0 bridgehead atoms. The Labute approximate surface area is 158 Å². The van der Waals surface area contributed by atoms with E-state index in [1.165, 1.54) is 107 Å². The third kappa shape index (κ3) is 11.4. The Morgan fingerprint density at radius 1 is 0.600 bits per heavy atom. The Hall–Kier alpha value is -0.820. The fourth-order valence-corrected chi connectivity index (χ4v) is 3.84. The largest absolute Gasteiger partial charge is 0.322 e. The maximum Gasteiger partial charge on any atom is 0.104 e. The molecule has 0 fully saturated rings. The van der Waals surface area contributed by atoms with Crippen LogP contribution in [0.15, 0.2) is 30.3 Å². The molecule has 0 amide bonds. The van der Waals surface area contributed by atoms with E-state index in [-0.39, 0.29) is 0 Å². The van der Waals surface area contributed by atoms with Crippen molar-refractivity contribution in [3.05, 3.63) is 35.9 Å². The SMILES string of the molecule is CCCCCCCCCC[N+](C)(CCCCCC)Cc1ccccc1. The molecule has 0 aliphatic heterocycles. The van der Waals surface area contributed by atoms with Crippen LogP contribution < -0.4 is 0 Å². The van der Waals surface area contributed by atoms with Crippen LogP contribution in [-0.2, 0) is 6.54 Å². The van der Waals surface area contributed by atoms with Crippen LogP contribution in [0.3, 0.4) is 0 Å². The van der Waals surface area contributed by atoms with Gasteiger partial charge in [0.05, 0.1) is 20.1 Å². The van der Waals surface area contributed by atoms with Crippen molar-refractivity contribution in [1.29, 1.82) is 0 Å². The zero-order valence-corrected chi connectivity index (χ0v) is 17.4. The second-order valence-corrected chi connectivity index (χ2v) is 8.25. The third-order valence-electron chi connectivity index (χ3n) is 5.51. The second-order valence-electron chi connectivity index (χ2n) is 8.25. The van der Waals surface area contributed by atoms with Crippen LogP contribution in [0.25, 0.3) is 0 Å². The third-order valence-corrected chi connectivity index (χ3v) is 5.51. The lowest BCUT2D eigenvalue weighted by Crippen LogP contribution is -2.44. The molecule has 1 aromatic rings. The van der Waals surface area contributed by atoms with Crippen molar-refractivity contribution in [3.63, 3.8) is 0 Å². The predicted octanol–water partition coefficient (Wildman–Crippen LogP) is 7.35. The summed E-state index contributed by atoms with van der Waals surface area (Å²) in [4.78, 5) is 0. The van der Waals surface area contributed by atoms with Crippen LogP contribution in [0, 0.1) is 0 Å². The number of benzene rings is 1. The Morgan fingerprint density at radius 2 is 1.04 bits per heavy atom. The van der Waals surface area contributed by atoms with Gasteiger partial charge in [-0.1, -0.05) is 95.5 Å². The van der Waals surface area contributed by atoms with Crippen LogP contribution >= 0.6 is 0 Å². The summed E-state index contributed by atoms with van der Waals surface area (Å²) in [7, 11) is 2.49. The fraction of sp³-hybridized carbons (Fsp3) is 0.750. The van der Waals surface area contributed by atoms with E-state index < -0.39 is 0 Å². The van der Waals surface area contributed by atoms with E-state index >= 15 is 0 Å². The molecule has 1 atom stereocenters. The van der Waals surface area contributed by atoms with E-state index in [4.69, 9.17) is 0 Å². The molecule has 25 heavy (non-hydrogen) atoms. The molecule has 0 heterocycles. The van der Waals surface area contributed by atoms with E-state index in [9.17, 15) is 0 Å². The molecular weight excluding hydrogens is 302 g/mol. The van der Waals surface area contributed by atoms with E-state index in [2.05, 4.69) is 51.2 Å². The second kappa shape index (κ2) is 14.4. The van der Waals surface area contributed by atoms with Gasteiger partial charge in [-0.15, -0.1) is 0 Å². The van der Waals surface area contributed by atoms with Crippen LogP contribution in [0.2, 0.25) is 0 Å². The van der Waals surface area contributed by atoms with Gasteiger partial charge in [0.2, 0.25) is 0 Å². The molecule has 0 aliphatic carbocycles. The molecule has 0 aliphatic rings. The van der Waals surface area contributed by atoms with Crippen molar-refractivity contribution in [2.45, 2.75) is 97.4 Å². The van der Waals surface area contributed by atoms with Crippen molar-refractivity contribution in [2.24, 2.45) is 0 Å². The van der Waals surface area contributed by atoms with E-state index in [1.807, 2.05) is 0 Å². The van der Waals surface area contributed by atoms with Gasteiger partial charge in [-0.25, -0.2) is 0 Å². The summed E-state index contributed by atoms with van der Waals surface area (Å²) in [6.07, 6.45) is 16.9. The van der Waals surface area contributed by atoms with Gasteiger partial charge < -0.3 is 4.48 Å². The molecule has 0 radical (unpaired) electrons. The van der Waals surface area contributed by atoms with Gasteiger partial charge in [-0.2, -0.15) is 0 Å². The van der Waals surface area contributed by atoms with Gasteiger partial charge in [0.25, 0.3) is 0 Å². The van der Waals surface area contributed by atoms with Crippen molar-refractivity contribution in [1.82, 2.24) is 0 Å². The highest BCUT2D eigenvalue weighted by atomic mass is 15.3. The normalized spacial score (nSPS) is 13.7. The average Bonchev–Trinajstić information content (AvgIpc) is 2.62. The Morgan fingerprint density at radius 3 is 1.56 bits per heavy atom. The minimum absolute atomic E-state index is 1.20. The van der Waals surface area contributed by atoms with Gasteiger partial charge >= 0.3 is 0 Å². The van der Waals surface area contributed by atoms with Gasteiger partial charge in [0.15, 0.2) is 0 Å². The first-order valence-electron chi connectivity index (χ1n) is 11.1. The number of hydrogen-bond acceptors (Lipinski definition) is 0. The summed E-state index contributed by atoms with van der Waals surface area (Å²) in [5.74, 6) is 0. The number of hydrogen-bond donors (Lipinski definition) is 0. The Kier molecular flexibility index (Phi) is 12.8. The first-order valence-corrected chi connectivity index (χ1v) is 11.1. The molecule has 1 aromatic carbocycles. The highest BCUT2D eigenvalue weighted by molar-refractivity contribution is 5.13. The van der Waals surface area contributed by atoms with Crippen LogP contribution in [0.4, 0.5) is 0 Å². The topological polar surface area (TPSA) is 0 Å². The molecule has 1 rings (SSSR count). The summed E-state index contributed by atoms with van der Waals surface area (Å²) in [6.45, 7) is 8.48. The first-order chi connectivity index (χ1) is 12.2. The van der Waals surface area contributed by atoms with E-state index in [1.54, 1.807) is 0 Å². The number of rotatable bonds is 16. The van der Waals surface area contributed by atoms with Crippen LogP contribution in [0.5, 0.6) is 0 Å². The van der Waals surface area contributed by atoms with E-state index in [0.29, 0.717) is 0 Å². The van der Waals surface area contributed by atoms with Crippen molar-refractivity contribution >= 4 is 0 Å². The minimum atomic E-state index is 1.20. The summed E-state index contributed by atoms with van der Waals surface area (Å²) in [6, 6.07) is 11.1. The summed E-state index contributed by atoms with van der Waals surface area (Å²) in [5.41, 5.74) is 1.50. The Bertz CT molecular complexity index is 400. The smallest absolute Gasteiger partial charge is 0.104 e. The standard InChI is InChI=1S/C24H44N/c1-4-6-8-10-11-12-13-18-22-25(3,21-17-9-7-5-2)23-24-19-15-14-16-20-24/h14-16,19-20H,4-13,17-18,21-23H2,1-3H3/q+1. The van der Waals surface area contributed by atoms with Crippen molar-refractivity contribution in [3.8, 4) is 0 Å². The quantitative estimate of drug-likeness (QED) is 0.217. The first kappa shape index (κ1) is 22.2. The number of unbranched alkanes of at least 4 members (excludes halogenated alkanes) is 10. The summed E-state index contributed by atoms with van der Waals surface area (Å²) >= 11 is 0. The lowest BCUT2D eigenvalue weighted by molar-refractivity contribution is -0.923. The summed E-state index contributed by atoms with van der Waals surface area (Å²) in [5, 5.41) is 0. The molecule has 0 saturated carbocycles.